The van der Waals surface area contributed by atoms with Crippen LogP contribution in [0.4, 0.5) is 5.69 Å². The zero-order valence-electron chi connectivity index (χ0n) is 13.0. The smallest absolute Gasteiger partial charge is 0.267 e. The van der Waals surface area contributed by atoms with Gasteiger partial charge in [-0.15, -0.1) is 0 Å². The number of anilines is 1. The lowest BCUT2D eigenvalue weighted by Gasteiger charge is -2.26. The maximum Gasteiger partial charge on any atom is 0.267 e. The number of nitrogens with one attached hydrogen (secondary N) is 2. The van der Waals surface area contributed by atoms with Crippen molar-refractivity contribution in [3.8, 4) is 6.07 Å². The lowest BCUT2D eigenvalue weighted by atomic mass is 10.2. The van der Waals surface area contributed by atoms with E-state index in [0.29, 0.717) is 22.3 Å². The fraction of sp³-hybridized carbons (Fsp3) is 0.375. The van der Waals surface area contributed by atoms with Crippen molar-refractivity contribution in [1.29, 1.82) is 5.26 Å². The van der Waals surface area contributed by atoms with Crippen LogP contribution in [0.25, 0.3) is 0 Å². The Bertz CT molecular complexity index is 652. The van der Waals surface area contributed by atoms with Crippen molar-refractivity contribution in [3.05, 3.63) is 40.0 Å². The highest BCUT2D eigenvalue weighted by atomic mass is 35.5. The van der Waals surface area contributed by atoms with Crippen LogP contribution < -0.4 is 10.6 Å². The summed E-state index contributed by atoms with van der Waals surface area (Å²) < 4.78 is 5.28. The van der Waals surface area contributed by atoms with Crippen LogP contribution in [-0.4, -0.2) is 50.2 Å². The van der Waals surface area contributed by atoms with Crippen LogP contribution >= 0.6 is 23.2 Å². The molecule has 1 aliphatic rings. The van der Waals surface area contributed by atoms with Gasteiger partial charge in [0.2, 0.25) is 0 Å². The van der Waals surface area contributed by atoms with Crippen LogP contribution in [0, 0.1) is 11.3 Å². The van der Waals surface area contributed by atoms with Gasteiger partial charge in [0.25, 0.3) is 5.91 Å². The summed E-state index contributed by atoms with van der Waals surface area (Å²) in [6.45, 7) is 4.73. The lowest BCUT2D eigenvalue weighted by Crippen LogP contribution is -2.39. The van der Waals surface area contributed by atoms with Gasteiger partial charge in [-0.05, 0) is 18.2 Å². The van der Waals surface area contributed by atoms with E-state index in [9.17, 15) is 4.79 Å². The Morgan fingerprint density at radius 1 is 1.38 bits per heavy atom. The number of nitrogens with zero attached hydrogens (tertiary/aromatic N) is 2. The molecule has 1 heterocycles. The van der Waals surface area contributed by atoms with Gasteiger partial charge in [0.05, 0.1) is 23.9 Å². The molecule has 1 saturated heterocycles. The molecule has 1 fully saturated rings. The van der Waals surface area contributed by atoms with Gasteiger partial charge in [-0.2, -0.15) is 5.26 Å². The van der Waals surface area contributed by atoms with Crippen molar-refractivity contribution in [3.63, 3.8) is 0 Å². The van der Waals surface area contributed by atoms with Gasteiger partial charge in [-0.1, -0.05) is 23.2 Å². The molecule has 1 aromatic rings. The minimum Gasteiger partial charge on any atom is -0.388 e. The van der Waals surface area contributed by atoms with Gasteiger partial charge in [0.1, 0.15) is 11.6 Å². The second-order valence-electron chi connectivity index (χ2n) is 5.16. The molecule has 0 radical (unpaired) electrons. The Labute approximate surface area is 151 Å². The van der Waals surface area contributed by atoms with Gasteiger partial charge in [-0.25, -0.2) is 0 Å². The van der Waals surface area contributed by atoms with E-state index in [1.54, 1.807) is 12.1 Å². The van der Waals surface area contributed by atoms with Crippen LogP contribution in [-0.2, 0) is 9.53 Å². The molecular weight excluding hydrogens is 351 g/mol. The molecule has 0 aromatic heterocycles. The number of halogens is 2. The van der Waals surface area contributed by atoms with E-state index < -0.39 is 5.91 Å². The number of carbonyl (C=O) groups is 1. The molecule has 0 saturated carbocycles. The third-order valence-corrected chi connectivity index (χ3v) is 4.01. The number of ether oxygens (including phenoxy) is 1. The standard InChI is InChI=1S/C16H18Cl2N4O2/c17-13-1-2-15(14(18)9-13)21-16(23)12(10-19)11-20-3-4-22-5-7-24-8-6-22/h1-2,9,11,20H,3-8H2,(H,21,23)/b12-11-. The second-order valence-corrected chi connectivity index (χ2v) is 6.00. The van der Waals surface area contributed by atoms with Crippen molar-refractivity contribution in [2.45, 2.75) is 0 Å². The highest BCUT2D eigenvalue weighted by Gasteiger charge is 2.12. The van der Waals surface area contributed by atoms with E-state index in [-0.39, 0.29) is 5.57 Å². The lowest BCUT2D eigenvalue weighted by molar-refractivity contribution is -0.112. The van der Waals surface area contributed by atoms with E-state index in [0.717, 1.165) is 32.8 Å². The first kappa shape index (κ1) is 18.6. The molecule has 0 bridgehead atoms. The zero-order chi connectivity index (χ0) is 17.4. The molecule has 24 heavy (non-hydrogen) atoms. The number of nitriles is 1. The number of carbonyl (C=O) groups excluding carboxylic acids is 1. The molecule has 2 N–H and O–H groups in total. The molecule has 0 aliphatic carbocycles. The van der Waals surface area contributed by atoms with E-state index in [1.165, 1.54) is 12.3 Å². The average Bonchev–Trinajstić information content (AvgIpc) is 2.58. The fourth-order valence-electron chi connectivity index (χ4n) is 2.15. The molecule has 2 rings (SSSR count). The van der Waals surface area contributed by atoms with Crippen LogP contribution in [0.15, 0.2) is 30.0 Å². The summed E-state index contributed by atoms with van der Waals surface area (Å²) in [5.41, 5.74) is 0.378. The highest BCUT2D eigenvalue weighted by molar-refractivity contribution is 6.36. The number of hydrogen-bond acceptors (Lipinski definition) is 5. The van der Waals surface area contributed by atoms with Gasteiger partial charge in [0.15, 0.2) is 0 Å². The van der Waals surface area contributed by atoms with Gasteiger partial charge >= 0.3 is 0 Å². The number of amides is 1. The van der Waals surface area contributed by atoms with E-state index >= 15 is 0 Å². The van der Waals surface area contributed by atoms with Crippen molar-refractivity contribution < 1.29 is 9.53 Å². The Balaban J connectivity index is 1.85. The SMILES string of the molecule is N#C/C(=C/NCCN1CCOCC1)C(=O)Nc1ccc(Cl)cc1Cl. The molecule has 0 atom stereocenters. The zero-order valence-corrected chi connectivity index (χ0v) is 14.5. The second kappa shape index (κ2) is 9.50. The fourth-order valence-corrected chi connectivity index (χ4v) is 2.61. The third kappa shape index (κ3) is 5.69. The topological polar surface area (TPSA) is 77.4 Å². The van der Waals surface area contributed by atoms with E-state index in [1.807, 2.05) is 6.07 Å². The van der Waals surface area contributed by atoms with Gasteiger partial charge in [0, 0.05) is 37.4 Å². The molecule has 0 unspecified atom stereocenters. The van der Waals surface area contributed by atoms with Crippen LogP contribution in [0.1, 0.15) is 0 Å². The van der Waals surface area contributed by atoms with E-state index in [2.05, 4.69) is 15.5 Å². The maximum atomic E-state index is 12.1. The monoisotopic (exact) mass is 368 g/mol. The molecule has 1 aromatic carbocycles. The Kier molecular flexibility index (Phi) is 7.35. The number of hydrogen-bond donors (Lipinski definition) is 2. The predicted molar refractivity (Wildman–Crippen MR) is 94.0 cm³/mol. The summed E-state index contributed by atoms with van der Waals surface area (Å²) in [6.07, 6.45) is 1.42. The Morgan fingerprint density at radius 3 is 2.79 bits per heavy atom. The molecule has 0 spiro atoms. The third-order valence-electron chi connectivity index (χ3n) is 3.47. The van der Waals surface area contributed by atoms with Crippen molar-refractivity contribution in [2.24, 2.45) is 0 Å². The summed E-state index contributed by atoms with van der Waals surface area (Å²) >= 11 is 11.8. The average molecular weight is 369 g/mol. The molecular formula is C16H18Cl2N4O2. The van der Waals surface area contributed by atoms with Crippen molar-refractivity contribution in [1.82, 2.24) is 10.2 Å². The summed E-state index contributed by atoms with van der Waals surface area (Å²) in [7, 11) is 0. The van der Waals surface area contributed by atoms with E-state index in [4.69, 9.17) is 33.2 Å². The molecule has 8 heteroatoms. The van der Waals surface area contributed by atoms with Crippen LogP contribution in [0.5, 0.6) is 0 Å². The predicted octanol–water partition coefficient (Wildman–Crippen LogP) is 2.26. The molecule has 1 aliphatic heterocycles. The van der Waals surface area contributed by atoms with Gasteiger partial charge < -0.3 is 15.4 Å². The minimum atomic E-state index is -0.527. The number of rotatable bonds is 6. The summed E-state index contributed by atoms with van der Waals surface area (Å²) in [5.74, 6) is -0.527. The quantitative estimate of drug-likeness (QED) is 0.457. The first-order valence-corrected chi connectivity index (χ1v) is 8.26. The molecule has 6 nitrogen and oxygen atoms in total. The largest absolute Gasteiger partial charge is 0.388 e. The minimum absolute atomic E-state index is 0.0250. The summed E-state index contributed by atoms with van der Waals surface area (Å²) in [6, 6.07) is 6.60. The summed E-state index contributed by atoms with van der Waals surface area (Å²) in [4.78, 5) is 14.4. The number of morpholine rings is 1. The first-order chi connectivity index (χ1) is 11.6. The number of benzene rings is 1. The van der Waals surface area contributed by atoms with Crippen molar-refractivity contribution >= 4 is 34.8 Å². The maximum absolute atomic E-state index is 12.1. The highest BCUT2D eigenvalue weighted by Crippen LogP contribution is 2.25. The van der Waals surface area contributed by atoms with Crippen LogP contribution in [0.2, 0.25) is 10.0 Å². The molecule has 128 valence electrons. The first-order valence-electron chi connectivity index (χ1n) is 7.50. The Hall–Kier alpha value is -1.78. The van der Waals surface area contributed by atoms with Crippen LogP contribution in [0.3, 0.4) is 0 Å². The Morgan fingerprint density at radius 2 is 2.12 bits per heavy atom. The normalized spacial score (nSPS) is 15.6. The summed E-state index contributed by atoms with van der Waals surface area (Å²) in [5, 5.41) is 15.5. The van der Waals surface area contributed by atoms with Crippen molar-refractivity contribution in [2.75, 3.05) is 44.7 Å². The molecule has 1 amide bonds. The van der Waals surface area contributed by atoms with Gasteiger partial charge in [-0.3, -0.25) is 9.69 Å².